The lowest BCUT2D eigenvalue weighted by Gasteiger charge is -2.18. The topological polar surface area (TPSA) is 95.9 Å². The number of para-hydroxylation sites is 2. The van der Waals surface area contributed by atoms with Crippen molar-refractivity contribution in [1.82, 2.24) is 19.7 Å². The van der Waals surface area contributed by atoms with Crippen LogP contribution in [0.3, 0.4) is 0 Å². The van der Waals surface area contributed by atoms with Crippen molar-refractivity contribution in [3.63, 3.8) is 0 Å². The van der Waals surface area contributed by atoms with E-state index in [9.17, 15) is 18.4 Å². The summed E-state index contributed by atoms with van der Waals surface area (Å²) in [4.78, 5) is 33.4. The molecule has 1 atom stereocenters. The minimum atomic E-state index is -0.811. The molecule has 1 aliphatic heterocycles. The molecule has 10 heteroatoms. The van der Waals surface area contributed by atoms with E-state index in [2.05, 4.69) is 20.4 Å². The van der Waals surface area contributed by atoms with E-state index in [-0.39, 0.29) is 24.6 Å². The van der Waals surface area contributed by atoms with Gasteiger partial charge in [-0.25, -0.2) is 13.5 Å². The Labute approximate surface area is 174 Å². The fourth-order valence-corrected chi connectivity index (χ4v) is 3.69. The zero-order valence-electron chi connectivity index (χ0n) is 16.0. The minimum Gasteiger partial charge on any atom is -0.344 e. The van der Waals surface area contributed by atoms with E-state index in [1.165, 1.54) is 16.9 Å². The van der Waals surface area contributed by atoms with Gasteiger partial charge in [0.25, 0.3) is 5.56 Å². The van der Waals surface area contributed by atoms with Gasteiger partial charge in [-0.3, -0.25) is 14.6 Å². The van der Waals surface area contributed by atoms with Crippen LogP contribution in [0.5, 0.6) is 0 Å². The van der Waals surface area contributed by atoms with E-state index >= 15 is 0 Å². The minimum absolute atomic E-state index is 0.0735. The lowest BCUT2D eigenvalue weighted by molar-refractivity contribution is -0.117. The predicted octanol–water partition coefficient (Wildman–Crippen LogP) is 2.60. The highest BCUT2D eigenvalue weighted by atomic mass is 19.1. The Balaban J connectivity index is 1.46. The van der Waals surface area contributed by atoms with Crippen molar-refractivity contribution < 1.29 is 13.6 Å². The van der Waals surface area contributed by atoms with Crippen molar-refractivity contribution in [2.24, 2.45) is 0 Å². The van der Waals surface area contributed by atoms with E-state index in [1.54, 1.807) is 0 Å². The van der Waals surface area contributed by atoms with E-state index in [0.717, 1.165) is 22.7 Å². The predicted molar refractivity (Wildman–Crippen MR) is 110 cm³/mol. The summed E-state index contributed by atoms with van der Waals surface area (Å²) in [6, 6.07) is 11.8. The molecule has 0 saturated carbocycles. The number of fused-ring (bicyclic) bond motifs is 1. The number of benzene rings is 2. The molecular formula is C21H16F2N6O2. The molecule has 156 valence electrons. The van der Waals surface area contributed by atoms with Crippen molar-refractivity contribution in [3.05, 3.63) is 76.7 Å². The van der Waals surface area contributed by atoms with Crippen LogP contribution in [0.15, 0.2) is 59.5 Å². The lowest BCUT2D eigenvalue weighted by Crippen LogP contribution is -2.35. The number of nitrogens with one attached hydrogen (secondary N) is 2. The first kappa shape index (κ1) is 18.9. The highest BCUT2D eigenvalue weighted by Gasteiger charge is 2.35. The summed E-state index contributed by atoms with van der Waals surface area (Å²) >= 11 is 0. The van der Waals surface area contributed by atoms with Gasteiger partial charge < -0.3 is 10.2 Å². The number of carbonyl (C=O) groups excluding carboxylic acids is 1. The van der Waals surface area contributed by atoms with Crippen LogP contribution < -0.4 is 15.8 Å². The molecule has 3 heterocycles. The second-order valence-corrected chi connectivity index (χ2v) is 7.09. The summed E-state index contributed by atoms with van der Waals surface area (Å²) < 4.78 is 29.7. The van der Waals surface area contributed by atoms with Gasteiger partial charge in [0, 0.05) is 6.54 Å². The number of anilines is 2. The quantitative estimate of drug-likeness (QED) is 0.527. The third kappa shape index (κ3) is 3.21. The maximum absolute atomic E-state index is 14.1. The molecule has 1 saturated heterocycles. The molecule has 1 unspecified atom stereocenters. The third-order valence-corrected chi connectivity index (χ3v) is 5.16. The van der Waals surface area contributed by atoms with Gasteiger partial charge in [-0.1, -0.05) is 24.3 Å². The number of hydrogen-bond acceptors (Lipinski definition) is 5. The van der Waals surface area contributed by atoms with Gasteiger partial charge in [-0.15, -0.1) is 0 Å². The standard InChI is InChI=1S/C21H16F2N6O2/c22-14-7-4-8-15(23)17(14)28-10-9-16(20(28)31)25-21-26-18-13(19(30)27-21)11-24-29(18)12-5-2-1-3-6-12/h1-8,11,16H,9-10H2,(H2,25,26,27,30). The first-order chi connectivity index (χ1) is 15.0. The molecule has 0 bridgehead atoms. The number of halogens is 2. The summed E-state index contributed by atoms with van der Waals surface area (Å²) in [6.45, 7) is 0.128. The molecule has 1 amide bonds. The fraction of sp³-hybridized carbons (Fsp3) is 0.143. The van der Waals surface area contributed by atoms with Crippen LogP contribution >= 0.6 is 0 Å². The Hall–Kier alpha value is -4.08. The molecule has 0 spiro atoms. The van der Waals surface area contributed by atoms with Gasteiger partial charge in [0.05, 0.1) is 11.9 Å². The SMILES string of the molecule is O=C1C(Nc2nc3c(cnn3-c3ccccc3)c(=O)[nH]2)CCN1c1c(F)cccc1F. The van der Waals surface area contributed by atoms with Crippen LogP contribution in [-0.2, 0) is 4.79 Å². The fourth-order valence-electron chi connectivity index (χ4n) is 3.69. The number of aromatic nitrogens is 4. The number of amides is 1. The molecule has 0 aliphatic carbocycles. The second-order valence-electron chi connectivity index (χ2n) is 7.09. The smallest absolute Gasteiger partial charge is 0.263 e. The van der Waals surface area contributed by atoms with Gasteiger partial charge in [-0.2, -0.15) is 10.1 Å². The summed E-state index contributed by atoms with van der Waals surface area (Å²) in [7, 11) is 0. The Morgan fingerprint density at radius 2 is 1.77 bits per heavy atom. The third-order valence-electron chi connectivity index (χ3n) is 5.16. The number of rotatable bonds is 4. The van der Waals surface area contributed by atoms with Crippen molar-refractivity contribution >= 4 is 28.6 Å². The van der Waals surface area contributed by atoms with Crippen LogP contribution in [0, 0.1) is 11.6 Å². The van der Waals surface area contributed by atoms with Crippen LogP contribution in [0.25, 0.3) is 16.7 Å². The van der Waals surface area contributed by atoms with Gasteiger partial charge in [0.2, 0.25) is 11.9 Å². The van der Waals surface area contributed by atoms with Gasteiger partial charge in [0.15, 0.2) is 5.65 Å². The average Bonchev–Trinajstić information content (AvgIpc) is 3.34. The van der Waals surface area contributed by atoms with E-state index in [0.29, 0.717) is 11.0 Å². The molecule has 2 aromatic heterocycles. The maximum Gasteiger partial charge on any atom is 0.263 e. The lowest BCUT2D eigenvalue weighted by atomic mass is 10.2. The summed E-state index contributed by atoms with van der Waals surface area (Å²) in [5.74, 6) is -2.06. The van der Waals surface area contributed by atoms with Crippen LogP contribution in [0.4, 0.5) is 20.4 Å². The first-order valence-corrected chi connectivity index (χ1v) is 9.58. The number of hydrogen-bond donors (Lipinski definition) is 2. The number of H-pyrrole nitrogens is 1. The molecule has 4 aromatic rings. The average molecular weight is 422 g/mol. The summed E-state index contributed by atoms with van der Waals surface area (Å²) in [6.07, 6.45) is 1.70. The molecule has 5 rings (SSSR count). The van der Waals surface area contributed by atoms with Crippen LogP contribution in [-0.4, -0.2) is 38.2 Å². The van der Waals surface area contributed by atoms with Crippen molar-refractivity contribution in [3.8, 4) is 5.69 Å². The maximum atomic E-state index is 14.1. The normalized spacial score (nSPS) is 16.3. The largest absolute Gasteiger partial charge is 0.344 e. The van der Waals surface area contributed by atoms with Crippen LogP contribution in [0.2, 0.25) is 0 Å². The molecule has 31 heavy (non-hydrogen) atoms. The Kier molecular flexibility index (Phi) is 4.46. The first-order valence-electron chi connectivity index (χ1n) is 9.58. The molecule has 1 aliphatic rings. The highest BCUT2D eigenvalue weighted by molar-refractivity contribution is 6.01. The zero-order valence-corrected chi connectivity index (χ0v) is 16.0. The zero-order chi connectivity index (χ0) is 21.5. The Bertz CT molecular complexity index is 1330. The van der Waals surface area contributed by atoms with Crippen molar-refractivity contribution in [2.75, 3.05) is 16.8 Å². The van der Waals surface area contributed by atoms with Gasteiger partial charge in [0.1, 0.15) is 28.7 Å². The summed E-state index contributed by atoms with van der Waals surface area (Å²) in [5, 5.41) is 7.41. The molecule has 0 radical (unpaired) electrons. The molecule has 2 aromatic carbocycles. The van der Waals surface area contributed by atoms with Crippen LogP contribution in [0.1, 0.15) is 6.42 Å². The molecule has 8 nitrogen and oxygen atoms in total. The number of nitrogens with zero attached hydrogens (tertiary/aromatic N) is 4. The van der Waals surface area contributed by atoms with Gasteiger partial charge >= 0.3 is 0 Å². The van der Waals surface area contributed by atoms with E-state index in [1.807, 2.05) is 30.3 Å². The van der Waals surface area contributed by atoms with Gasteiger partial charge in [-0.05, 0) is 30.7 Å². The van der Waals surface area contributed by atoms with Crippen molar-refractivity contribution in [2.45, 2.75) is 12.5 Å². The van der Waals surface area contributed by atoms with E-state index < -0.39 is 29.1 Å². The monoisotopic (exact) mass is 422 g/mol. The van der Waals surface area contributed by atoms with Crippen molar-refractivity contribution in [1.29, 1.82) is 0 Å². The van der Waals surface area contributed by atoms with E-state index in [4.69, 9.17) is 0 Å². The number of aromatic amines is 1. The second kappa shape index (κ2) is 7.31. The molecular weight excluding hydrogens is 406 g/mol. The molecule has 1 fully saturated rings. The molecule has 2 N–H and O–H groups in total. The Morgan fingerprint density at radius 3 is 2.52 bits per heavy atom. The Morgan fingerprint density at radius 1 is 1.03 bits per heavy atom. The summed E-state index contributed by atoms with van der Waals surface area (Å²) in [5.41, 5.74) is 0.243. The number of carbonyl (C=O) groups is 1. The highest BCUT2D eigenvalue weighted by Crippen LogP contribution is 2.28.